The van der Waals surface area contributed by atoms with Crippen LogP contribution in [0.2, 0.25) is 0 Å². The Morgan fingerprint density at radius 1 is 1.20 bits per heavy atom. The number of likely N-dealkylation sites (N-methyl/N-ethyl adjacent to an activating group) is 1. The SMILES string of the molecule is CNC(=O)C1CN(C(=O)COc2ccccc2C)c2ccccc2O1. The molecule has 0 saturated heterocycles. The Bertz CT molecular complexity index is 790. The van der Waals surface area contributed by atoms with Crippen LogP contribution in [0.25, 0.3) is 0 Å². The molecular formula is C19H20N2O4. The molecule has 6 heteroatoms. The molecule has 6 nitrogen and oxygen atoms in total. The second-order valence-electron chi connectivity index (χ2n) is 5.75. The Morgan fingerprint density at radius 3 is 2.68 bits per heavy atom. The highest BCUT2D eigenvalue weighted by Gasteiger charge is 2.33. The summed E-state index contributed by atoms with van der Waals surface area (Å²) in [6.07, 6.45) is -0.748. The van der Waals surface area contributed by atoms with E-state index in [1.807, 2.05) is 37.3 Å². The van der Waals surface area contributed by atoms with Crippen molar-refractivity contribution in [2.75, 3.05) is 25.1 Å². The van der Waals surface area contributed by atoms with Gasteiger partial charge in [-0.2, -0.15) is 0 Å². The minimum Gasteiger partial charge on any atom is -0.483 e. The lowest BCUT2D eigenvalue weighted by molar-refractivity contribution is -0.128. The van der Waals surface area contributed by atoms with Gasteiger partial charge in [0.15, 0.2) is 12.7 Å². The number of hydrogen-bond donors (Lipinski definition) is 1. The van der Waals surface area contributed by atoms with Crippen molar-refractivity contribution in [1.82, 2.24) is 5.32 Å². The van der Waals surface area contributed by atoms with E-state index in [1.54, 1.807) is 25.2 Å². The van der Waals surface area contributed by atoms with E-state index in [-0.39, 0.29) is 25.0 Å². The molecule has 1 atom stereocenters. The van der Waals surface area contributed by atoms with Gasteiger partial charge in [0.25, 0.3) is 11.8 Å². The van der Waals surface area contributed by atoms with Crippen LogP contribution in [0.3, 0.4) is 0 Å². The Morgan fingerprint density at radius 2 is 1.92 bits per heavy atom. The summed E-state index contributed by atoms with van der Waals surface area (Å²) in [6, 6.07) is 14.7. The molecule has 0 bridgehead atoms. The van der Waals surface area contributed by atoms with E-state index < -0.39 is 6.10 Å². The summed E-state index contributed by atoms with van der Waals surface area (Å²) in [5, 5.41) is 2.56. The van der Waals surface area contributed by atoms with Gasteiger partial charge < -0.3 is 19.7 Å². The molecule has 2 amide bonds. The zero-order valence-electron chi connectivity index (χ0n) is 14.2. The molecule has 1 N–H and O–H groups in total. The number of amides is 2. The molecular weight excluding hydrogens is 320 g/mol. The van der Waals surface area contributed by atoms with Crippen molar-refractivity contribution in [3.63, 3.8) is 0 Å². The summed E-state index contributed by atoms with van der Waals surface area (Å²) in [4.78, 5) is 26.2. The fourth-order valence-corrected chi connectivity index (χ4v) is 2.70. The van der Waals surface area contributed by atoms with Crippen molar-refractivity contribution < 1.29 is 19.1 Å². The third-order valence-corrected chi connectivity index (χ3v) is 4.06. The molecule has 25 heavy (non-hydrogen) atoms. The summed E-state index contributed by atoms with van der Waals surface area (Å²) in [5.41, 5.74) is 1.60. The van der Waals surface area contributed by atoms with Crippen LogP contribution in [0, 0.1) is 6.92 Å². The molecule has 1 aliphatic heterocycles. The summed E-state index contributed by atoms with van der Waals surface area (Å²) in [5.74, 6) is 0.673. The number of aryl methyl sites for hydroxylation is 1. The first-order valence-electron chi connectivity index (χ1n) is 8.06. The van der Waals surface area contributed by atoms with Gasteiger partial charge in [0.05, 0.1) is 12.2 Å². The number of anilines is 1. The van der Waals surface area contributed by atoms with E-state index in [0.29, 0.717) is 17.2 Å². The average molecular weight is 340 g/mol. The predicted molar refractivity (Wildman–Crippen MR) is 94.0 cm³/mol. The molecule has 130 valence electrons. The van der Waals surface area contributed by atoms with Crippen molar-refractivity contribution in [1.29, 1.82) is 0 Å². The third kappa shape index (κ3) is 3.57. The van der Waals surface area contributed by atoms with Crippen molar-refractivity contribution in [2.45, 2.75) is 13.0 Å². The van der Waals surface area contributed by atoms with Gasteiger partial charge in [-0.05, 0) is 30.7 Å². The summed E-state index contributed by atoms with van der Waals surface area (Å²) >= 11 is 0. The molecule has 0 aromatic heterocycles. The number of para-hydroxylation sites is 3. The minimum atomic E-state index is -0.748. The first-order chi connectivity index (χ1) is 12.1. The van der Waals surface area contributed by atoms with E-state index in [2.05, 4.69) is 5.32 Å². The number of nitrogens with one attached hydrogen (secondary N) is 1. The fourth-order valence-electron chi connectivity index (χ4n) is 2.70. The molecule has 3 rings (SSSR count). The Hall–Kier alpha value is -3.02. The maximum atomic E-state index is 12.7. The lowest BCUT2D eigenvalue weighted by Crippen LogP contribution is -2.51. The largest absolute Gasteiger partial charge is 0.483 e. The van der Waals surface area contributed by atoms with Crippen molar-refractivity contribution in [3.8, 4) is 11.5 Å². The highest BCUT2D eigenvalue weighted by molar-refractivity contribution is 5.98. The lowest BCUT2D eigenvalue weighted by atomic mass is 10.1. The van der Waals surface area contributed by atoms with E-state index in [9.17, 15) is 9.59 Å². The van der Waals surface area contributed by atoms with Crippen molar-refractivity contribution in [2.24, 2.45) is 0 Å². The normalized spacial score (nSPS) is 15.8. The van der Waals surface area contributed by atoms with Crippen LogP contribution in [0.1, 0.15) is 5.56 Å². The molecule has 1 unspecified atom stereocenters. The minimum absolute atomic E-state index is 0.111. The standard InChI is InChI=1S/C19H20N2O4/c1-13-7-3-5-9-15(13)24-12-18(22)21-11-17(19(23)20-2)25-16-10-6-4-8-14(16)21/h3-10,17H,11-12H2,1-2H3,(H,20,23). The first-order valence-corrected chi connectivity index (χ1v) is 8.06. The second-order valence-corrected chi connectivity index (χ2v) is 5.75. The molecule has 0 fully saturated rings. The highest BCUT2D eigenvalue weighted by Crippen LogP contribution is 2.33. The van der Waals surface area contributed by atoms with Crippen molar-refractivity contribution in [3.05, 3.63) is 54.1 Å². The number of ether oxygens (including phenoxy) is 2. The van der Waals surface area contributed by atoms with Gasteiger partial charge in [0.1, 0.15) is 11.5 Å². The molecule has 1 heterocycles. The molecule has 0 saturated carbocycles. The van der Waals surface area contributed by atoms with Gasteiger partial charge in [-0.25, -0.2) is 0 Å². The zero-order chi connectivity index (χ0) is 17.8. The maximum Gasteiger partial charge on any atom is 0.265 e. The van der Waals surface area contributed by atoms with Crippen LogP contribution >= 0.6 is 0 Å². The van der Waals surface area contributed by atoms with Crippen molar-refractivity contribution >= 4 is 17.5 Å². The summed E-state index contributed by atoms with van der Waals surface area (Å²) in [7, 11) is 1.54. The summed E-state index contributed by atoms with van der Waals surface area (Å²) in [6.45, 7) is 1.96. The molecule has 2 aromatic carbocycles. The van der Waals surface area contributed by atoms with E-state index in [1.165, 1.54) is 4.90 Å². The Labute approximate surface area is 146 Å². The third-order valence-electron chi connectivity index (χ3n) is 4.06. The number of rotatable bonds is 4. The fraction of sp³-hybridized carbons (Fsp3) is 0.263. The van der Waals surface area contributed by atoms with Gasteiger partial charge in [-0.1, -0.05) is 30.3 Å². The van der Waals surface area contributed by atoms with Gasteiger partial charge in [-0.15, -0.1) is 0 Å². The number of fused-ring (bicyclic) bond motifs is 1. The lowest BCUT2D eigenvalue weighted by Gasteiger charge is -2.33. The molecule has 0 radical (unpaired) electrons. The van der Waals surface area contributed by atoms with Crippen LogP contribution in [0.5, 0.6) is 11.5 Å². The smallest absolute Gasteiger partial charge is 0.265 e. The highest BCUT2D eigenvalue weighted by atomic mass is 16.5. The van der Waals surface area contributed by atoms with Crippen LogP contribution < -0.4 is 19.7 Å². The van der Waals surface area contributed by atoms with Crippen LogP contribution in [0.4, 0.5) is 5.69 Å². The number of benzene rings is 2. The molecule has 0 aliphatic carbocycles. The molecule has 1 aliphatic rings. The second kappa shape index (κ2) is 7.25. The van der Waals surface area contributed by atoms with Crippen LogP contribution in [-0.4, -0.2) is 38.1 Å². The van der Waals surface area contributed by atoms with Crippen LogP contribution in [0.15, 0.2) is 48.5 Å². The average Bonchev–Trinajstić information content (AvgIpc) is 2.65. The number of nitrogens with zero attached hydrogens (tertiary/aromatic N) is 1. The zero-order valence-corrected chi connectivity index (χ0v) is 14.2. The van der Waals surface area contributed by atoms with Gasteiger partial charge in [0, 0.05) is 7.05 Å². The monoisotopic (exact) mass is 340 g/mol. The number of carbonyl (C=O) groups is 2. The number of hydrogen-bond acceptors (Lipinski definition) is 4. The van der Waals surface area contributed by atoms with Crippen LogP contribution in [-0.2, 0) is 9.59 Å². The summed E-state index contributed by atoms with van der Waals surface area (Å²) < 4.78 is 11.4. The van der Waals surface area contributed by atoms with Gasteiger partial charge in [-0.3, -0.25) is 9.59 Å². The van der Waals surface area contributed by atoms with Gasteiger partial charge in [0.2, 0.25) is 0 Å². The Kier molecular flexibility index (Phi) is 4.88. The quantitative estimate of drug-likeness (QED) is 0.923. The maximum absolute atomic E-state index is 12.7. The Balaban J connectivity index is 1.78. The van der Waals surface area contributed by atoms with E-state index >= 15 is 0 Å². The number of carbonyl (C=O) groups excluding carboxylic acids is 2. The van der Waals surface area contributed by atoms with E-state index in [0.717, 1.165) is 5.56 Å². The van der Waals surface area contributed by atoms with Gasteiger partial charge >= 0.3 is 0 Å². The van der Waals surface area contributed by atoms with E-state index in [4.69, 9.17) is 9.47 Å². The first kappa shape index (κ1) is 16.8. The topological polar surface area (TPSA) is 67.9 Å². The predicted octanol–water partition coefficient (Wildman–Crippen LogP) is 1.91. The molecule has 0 spiro atoms. The molecule has 2 aromatic rings.